The third-order valence-corrected chi connectivity index (χ3v) is 5.98. The number of hydrogen-bond donors (Lipinski definition) is 1. The molecule has 2 aliphatic rings. The van der Waals surface area contributed by atoms with Crippen LogP contribution in [0.25, 0.3) is 0 Å². The quantitative estimate of drug-likeness (QED) is 0.893. The molecule has 1 saturated heterocycles. The van der Waals surface area contributed by atoms with Gasteiger partial charge in [-0.25, -0.2) is 0 Å². The van der Waals surface area contributed by atoms with Crippen LogP contribution in [0.1, 0.15) is 45.6 Å². The predicted octanol–water partition coefficient (Wildman–Crippen LogP) is 3.63. The standard InChI is InChI=1S/C19H30N2/c1-15-8-7-11-18(16(15)2)21-13-12-20-19(3,14-21)17-9-5-4-6-10-17/h4-6,9-10,15-16,18,20H,7-8,11-14H2,1-3H3. The van der Waals surface area contributed by atoms with E-state index in [4.69, 9.17) is 0 Å². The molecule has 1 N–H and O–H groups in total. The monoisotopic (exact) mass is 286 g/mol. The van der Waals surface area contributed by atoms with Crippen molar-refractivity contribution in [2.24, 2.45) is 11.8 Å². The lowest BCUT2D eigenvalue weighted by Gasteiger charge is -2.49. The van der Waals surface area contributed by atoms with E-state index in [2.05, 4.69) is 61.3 Å². The molecule has 1 heterocycles. The predicted molar refractivity (Wildman–Crippen MR) is 89.3 cm³/mol. The van der Waals surface area contributed by atoms with E-state index < -0.39 is 0 Å². The highest BCUT2D eigenvalue weighted by Crippen LogP contribution is 2.35. The Bertz CT molecular complexity index is 458. The van der Waals surface area contributed by atoms with Crippen molar-refractivity contribution in [3.63, 3.8) is 0 Å². The van der Waals surface area contributed by atoms with Crippen molar-refractivity contribution in [3.8, 4) is 0 Å². The van der Waals surface area contributed by atoms with Gasteiger partial charge in [-0.1, -0.05) is 57.0 Å². The Kier molecular flexibility index (Phi) is 4.37. The minimum atomic E-state index is 0.0971. The number of nitrogens with zero attached hydrogens (tertiary/aromatic N) is 1. The topological polar surface area (TPSA) is 15.3 Å². The van der Waals surface area contributed by atoms with Gasteiger partial charge in [-0.05, 0) is 30.7 Å². The molecule has 4 unspecified atom stereocenters. The van der Waals surface area contributed by atoms with Gasteiger partial charge in [0.2, 0.25) is 0 Å². The smallest absolute Gasteiger partial charge is 0.0535 e. The van der Waals surface area contributed by atoms with E-state index >= 15 is 0 Å². The highest BCUT2D eigenvalue weighted by Gasteiger charge is 2.38. The van der Waals surface area contributed by atoms with Crippen molar-refractivity contribution >= 4 is 0 Å². The Morgan fingerprint density at radius 2 is 1.90 bits per heavy atom. The van der Waals surface area contributed by atoms with Crippen molar-refractivity contribution in [1.82, 2.24) is 10.2 Å². The lowest BCUT2D eigenvalue weighted by atomic mass is 9.76. The van der Waals surface area contributed by atoms with Crippen LogP contribution < -0.4 is 5.32 Å². The number of rotatable bonds is 2. The molecule has 0 bridgehead atoms. The molecule has 0 aromatic heterocycles. The number of benzene rings is 1. The van der Waals surface area contributed by atoms with E-state index in [1.807, 2.05) is 0 Å². The summed E-state index contributed by atoms with van der Waals surface area (Å²) in [6.45, 7) is 10.7. The summed E-state index contributed by atoms with van der Waals surface area (Å²) in [5.74, 6) is 1.71. The van der Waals surface area contributed by atoms with Crippen molar-refractivity contribution in [2.75, 3.05) is 19.6 Å². The van der Waals surface area contributed by atoms with Crippen LogP contribution in [0.3, 0.4) is 0 Å². The molecular formula is C19H30N2. The summed E-state index contributed by atoms with van der Waals surface area (Å²) in [6, 6.07) is 11.7. The summed E-state index contributed by atoms with van der Waals surface area (Å²) in [5, 5.41) is 3.77. The molecule has 0 radical (unpaired) electrons. The minimum Gasteiger partial charge on any atom is -0.305 e. The maximum Gasteiger partial charge on any atom is 0.0535 e. The highest BCUT2D eigenvalue weighted by molar-refractivity contribution is 5.25. The van der Waals surface area contributed by atoms with E-state index in [0.717, 1.165) is 31.0 Å². The third kappa shape index (κ3) is 3.02. The first-order valence-electron chi connectivity index (χ1n) is 8.65. The lowest BCUT2D eigenvalue weighted by Crippen LogP contribution is -2.60. The maximum atomic E-state index is 3.77. The summed E-state index contributed by atoms with van der Waals surface area (Å²) in [6.07, 6.45) is 4.21. The molecule has 1 aliphatic carbocycles. The minimum absolute atomic E-state index is 0.0971. The van der Waals surface area contributed by atoms with E-state index in [0.29, 0.717) is 0 Å². The number of nitrogens with one attached hydrogen (secondary N) is 1. The van der Waals surface area contributed by atoms with Gasteiger partial charge in [0.1, 0.15) is 0 Å². The van der Waals surface area contributed by atoms with Crippen LogP contribution in [0.2, 0.25) is 0 Å². The Balaban J connectivity index is 1.76. The van der Waals surface area contributed by atoms with Gasteiger partial charge in [0, 0.05) is 25.7 Å². The molecule has 0 amide bonds. The average molecular weight is 286 g/mol. The number of hydrogen-bond acceptors (Lipinski definition) is 2. The first kappa shape index (κ1) is 15.1. The first-order chi connectivity index (χ1) is 10.1. The Morgan fingerprint density at radius 1 is 1.14 bits per heavy atom. The molecular weight excluding hydrogens is 256 g/mol. The molecule has 1 aromatic carbocycles. The Morgan fingerprint density at radius 3 is 2.67 bits per heavy atom. The fourth-order valence-corrected chi connectivity index (χ4v) is 4.37. The molecule has 21 heavy (non-hydrogen) atoms. The highest BCUT2D eigenvalue weighted by atomic mass is 15.2. The molecule has 4 atom stereocenters. The summed E-state index contributed by atoms with van der Waals surface area (Å²) in [7, 11) is 0. The molecule has 0 spiro atoms. The van der Waals surface area contributed by atoms with Gasteiger partial charge in [-0.2, -0.15) is 0 Å². The second-order valence-corrected chi connectivity index (χ2v) is 7.43. The fourth-order valence-electron chi connectivity index (χ4n) is 4.37. The summed E-state index contributed by atoms with van der Waals surface area (Å²) in [5.41, 5.74) is 1.52. The average Bonchev–Trinajstić information content (AvgIpc) is 2.51. The third-order valence-electron chi connectivity index (χ3n) is 5.98. The van der Waals surface area contributed by atoms with Crippen molar-refractivity contribution < 1.29 is 0 Å². The first-order valence-corrected chi connectivity index (χ1v) is 8.65. The molecule has 2 heteroatoms. The van der Waals surface area contributed by atoms with Crippen LogP contribution >= 0.6 is 0 Å². The molecule has 1 saturated carbocycles. The second-order valence-electron chi connectivity index (χ2n) is 7.43. The Hall–Kier alpha value is -0.860. The molecule has 3 rings (SSSR count). The lowest BCUT2D eigenvalue weighted by molar-refractivity contribution is 0.0349. The van der Waals surface area contributed by atoms with Crippen LogP contribution in [0, 0.1) is 11.8 Å². The van der Waals surface area contributed by atoms with Gasteiger partial charge in [0.25, 0.3) is 0 Å². The van der Waals surface area contributed by atoms with Crippen LogP contribution in [0.15, 0.2) is 30.3 Å². The molecule has 2 nitrogen and oxygen atoms in total. The van der Waals surface area contributed by atoms with Crippen LogP contribution in [-0.4, -0.2) is 30.6 Å². The van der Waals surface area contributed by atoms with E-state index in [1.165, 1.54) is 31.4 Å². The van der Waals surface area contributed by atoms with E-state index in [-0.39, 0.29) is 5.54 Å². The van der Waals surface area contributed by atoms with Crippen LogP contribution in [-0.2, 0) is 5.54 Å². The largest absolute Gasteiger partial charge is 0.305 e. The van der Waals surface area contributed by atoms with E-state index in [9.17, 15) is 0 Å². The zero-order chi connectivity index (χ0) is 14.9. The molecule has 1 aliphatic heterocycles. The van der Waals surface area contributed by atoms with Crippen molar-refractivity contribution in [2.45, 2.75) is 51.6 Å². The van der Waals surface area contributed by atoms with Gasteiger partial charge < -0.3 is 5.32 Å². The second kappa shape index (κ2) is 6.10. The molecule has 2 fully saturated rings. The van der Waals surface area contributed by atoms with Gasteiger partial charge in [0.05, 0.1) is 5.54 Å². The zero-order valence-corrected chi connectivity index (χ0v) is 13.8. The summed E-state index contributed by atoms with van der Waals surface area (Å²) < 4.78 is 0. The normalized spacial score (nSPS) is 38.3. The van der Waals surface area contributed by atoms with Crippen LogP contribution in [0.5, 0.6) is 0 Å². The number of piperazine rings is 1. The SMILES string of the molecule is CC1CCCC(N2CCNC(C)(c3ccccc3)C2)C1C. The molecule has 116 valence electrons. The van der Waals surface area contributed by atoms with Crippen molar-refractivity contribution in [1.29, 1.82) is 0 Å². The van der Waals surface area contributed by atoms with Gasteiger partial charge in [-0.15, -0.1) is 0 Å². The summed E-state index contributed by atoms with van der Waals surface area (Å²) in [4.78, 5) is 2.77. The van der Waals surface area contributed by atoms with E-state index in [1.54, 1.807) is 0 Å². The summed E-state index contributed by atoms with van der Waals surface area (Å²) >= 11 is 0. The Labute approximate surface area is 129 Å². The van der Waals surface area contributed by atoms with Gasteiger partial charge in [0.15, 0.2) is 0 Å². The molecule has 1 aromatic rings. The van der Waals surface area contributed by atoms with Gasteiger partial charge >= 0.3 is 0 Å². The zero-order valence-electron chi connectivity index (χ0n) is 13.8. The van der Waals surface area contributed by atoms with Crippen molar-refractivity contribution in [3.05, 3.63) is 35.9 Å². The van der Waals surface area contributed by atoms with Crippen LogP contribution in [0.4, 0.5) is 0 Å². The maximum absolute atomic E-state index is 3.77. The van der Waals surface area contributed by atoms with Gasteiger partial charge in [-0.3, -0.25) is 4.90 Å². The fraction of sp³-hybridized carbons (Fsp3) is 0.684.